The highest BCUT2D eigenvalue weighted by atomic mass is 32.2. The number of likely N-dealkylation sites (N-methyl/N-ethyl adjacent to an activating group) is 1. The van der Waals surface area contributed by atoms with Crippen LogP contribution in [0.15, 0.2) is 30.3 Å². The minimum Gasteiger partial charge on any atom is -0.309 e. The van der Waals surface area contributed by atoms with Crippen LogP contribution in [0.5, 0.6) is 0 Å². The van der Waals surface area contributed by atoms with Crippen LogP contribution >= 0.6 is 23.1 Å². The molecule has 0 aliphatic carbocycles. The number of rotatable bonds is 5. The summed E-state index contributed by atoms with van der Waals surface area (Å²) in [5.74, 6) is 2.49. The summed E-state index contributed by atoms with van der Waals surface area (Å²) in [5.41, 5.74) is 4.37. The monoisotopic (exact) mass is 317 g/mol. The Labute approximate surface area is 136 Å². The van der Waals surface area contributed by atoms with E-state index in [1.807, 2.05) is 11.3 Å². The third kappa shape index (κ3) is 3.71. The maximum atomic E-state index is 3.68. The average molecular weight is 318 g/mol. The molecule has 0 saturated heterocycles. The van der Waals surface area contributed by atoms with Crippen LogP contribution in [0.3, 0.4) is 0 Å². The Morgan fingerprint density at radius 1 is 1.29 bits per heavy atom. The van der Waals surface area contributed by atoms with Gasteiger partial charge in [-0.25, -0.2) is 0 Å². The quantitative estimate of drug-likeness (QED) is 0.855. The van der Waals surface area contributed by atoms with Gasteiger partial charge < -0.3 is 5.32 Å². The number of nitrogens with one attached hydrogen (secondary N) is 1. The van der Waals surface area contributed by atoms with Crippen LogP contribution in [0.1, 0.15) is 39.4 Å². The van der Waals surface area contributed by atoms with E-state index in [0.717, 1.165) is 13.0 Å². The summed E-state index contributed by atoms with van der Waals surface area (Å²) in [7, 11) is 0. The van der Waals surface area contributed by atoms with Gasteiger partial charge in [-0.15, -0.1) is 11.3 Å². The molecular formula is C18H23NS2. The largest absolute Gasteiger partial charge is 0.309 e. The summed E-state index contributed by atoms with van der Waals surface area (Å²) < 4.78 is 0. The molecule has 1 nitrogen and oxygen atoms in total. The molecule has 112 valence electrons. The van der Waals surface area contributed by atoms with Crippen molar-refractivity contribution < 1.29 is 0 Å². The molecular weight excluding hydrogens is 294 g/mol. The van der Waals surface area contributed by atoms with Crippen molar-refractivity contribution in [2.24, 2.45) is 0 Å². The van der Waals surface area contributed by atoms with Gasteiger partial charge in [-0.3, -0.25) is 0 Å². The van der Waals surface area contributed by atoms with Crippen molar-refractivity contribution in [3.63, 3.8) is 0 Å². The van der Waals surface area contributed by atoms with Crippen LogP contribution in [0.25, 0.3) is 0 Å². The number of hydrogen-bond acceptors (Lipinski definition) is 3. The molecule has 1 aromatic heterocycles. The second-order valence-electron chi connectivity index (χ2n) is 5.70. The van der Waals surface area contributed by atoms with E-state index >= 15 is 0 Å². The molecule has 1 N–H and O–H groups in total. The normalized spacial score (nSPS) is 15.7. The maximum absolute atomic E-state index is 3.68. The van der Waals surface area contributed by atoms with Gasteiger partial charge in [0.05, 0.1) is 0 Å². The van der Waals surface area contributed by atoms with E-state index in [0.29, 0.717) is 6.04 Å². The first-order valence-electron chi connectivity index (χ1n) is 7.74. The second kappa shape index (κ2) is 6.99. The number of thiophene rings is 1. The summed E-state index contributed by atoms with van der Waals surface area (Å²) in [4.78, 5) is 3.14. The predicted molar refractivity (Wildman–Crippen MR) is 95.5 cm³/mol. The fraction of sp³-hybridized carbons (Fsp3) is 0.444. The molecule has 3 rings (SSSR count). The van der Waals surface area contributed by atoms with Gasteiger partial charge in [0, 0.05) is 21.5 Å². The summed E-state index contributed by atoms with van der Waals surface area (Å²) in [6, 6.07) is 11.8. The Kier molecular flexibility index (Phi) is 5.04. The summed E-state index contributed by atoms with van der Waals surface area (Å²) in [6.07, 6.45) is 2.34. The Morgan fingerprint density at radius 2 is 2.19 bits per heavy atom. The molecule has 0 radical (unpaired) electrons. The minimum atomic E-state index is 0.456. The molecule has 1 aliphatic rings. The van der Waals surface area contributed by atoms with Crippen molar-refractivity contribution in [3.05, 3.63) is 56.8 Å². The highest BCUT2D eigenvalue weighted by Crippen LogP contribution is 2.35. The zero-order valence-corrected chi connectivity index (χ0v) is 14.4. The molecule has 0 bridgehead atoms. The summed E-state index contributed by atoms with van der Waals surface area (Å²) in [5, 5.41) is 3.68. The van der Waals surface area contributed by atoms with Crippen molar-refractivity contribution in [3.8, 4) is 0 Å². The van der Waals surface area contributed by atoms with Crippen LogP contribution < -0.4 is 5.32 Å². The predicted octanol–water partition coefficient (Wildman–Crippen LogP) is 4.74. The van der Waals surface area contributed by atoms with Gasteiger partial charge in [0.2, 0.25) is 0 Å². The Morgan fingerprint density at radius 3 is 2.95 bits per heavy atom. The van der Waals surface area contributed by atoms with Gasteiger partial charge in [-0.05, 0) is 49.3 Å². The van der Waals surface area contributed by atoms with Gasteiger partial charge in [0.1, 0.15) is 0 Å². The summed E-state index contributed by atoms with van der Waals surface area (Å²) >= 11 is 4.10. The highest BCUT2D eigenvalue weighted by molar-refractivity contribution is 7.98. The molecule has 2 aromatic rings. The van der Waals surface area contributed by atoms with Crippen LogP contribution in [0.2, 0.25) is 0 Å². The Balaban J connectivity index is 1.82. The number of benzene rings is 1. The summed E-state index contributed by atoms with van der Waals surface area (Å²) in [6.45, 7) is 5.40. The van der Waals surface area contributed by atoms with E-state index in [-0.39, 0.29) is 0 Å². The van der Waals surface area contributed by atoms with Crippen LogP contribution in [-0.4, -0.2) is 12.3 Å². The molecule has 1 atom stereocenters. The Hall–Kier alpha value is -0.770. The Bertz CT molecular complexity index is 580. The molecule has 3 heteroatoms. The van der Waals surface area contributed by atoms with Gasteiger partial charge in [0.25, 0.3) is 0 Å². The van der Waals surface area contributed by atoms with Crippen molar-refractivity contribution in [1.82, 2.24) is 5.32 Å². The number of aryl methyl sites for hydroxylation is 2. The van der Waals surface area contributed by atoms with E-state index < -0.39 is 0 Å². The fourth-order valence-corrected chi connectivity index (χ4v) is 5.39. The van der Waals surface area contributed by atoms with Crippen LogP contribution in [0.4, 0.5) is 0 Å². The van der Waals surface area contributed by atoms with Crippen molar-refractivity contribution in [1.29, 1.82) is 0 Å². The highest BCUT2D eigenvalue weighted by Gasteiger charge is 2.19. The molecule has 21 heavy (non-hydrogen) atoms. The maximum Gasteiger partial charge on any atom is 0.0455 e. The first kappa shape index (κ1) is 15.1. The van der Waals surface area contributed by atoms with Gasteiger partial charge in [-0.1, -0.05) is 36.8 Å². The number of thioether (sulfide) groups is 1. The lowest BCUT2D eigenvalue weighted by atomic mass is 10.0. The van der Waals surface area contributed by atoms with E-state index in [4.69, 9.17) is 0 Å². The minimum absolute atomic E-state index is 0.456. The standard InChI is InChI=1S/C18H23NS2/c1-3-19-16(10-14-6-4-5-13(2)9-14)18-11-15-12-20-8-7-17(15)21-18/h4-6,9,11,16,19H,3,7-8,10,12H2,1-2H3. The van der Waals surface area contributed by atoms with E-state index in [1.54, 1.807) is 10.4 Å². The lowest BCUT2D eigenvalue weighted by Gasteiger charge is -2.17. The van der Waals surface area contributed by atoms with Gasteiger partial charge in [-0.2, -0.15) is 11.8 Å². The first-order chi connectivity index (χ1) is 10.3. The lowest BCUT2D eigenvalue weighted by molar-refractivity contribution is 0.558. The van der Waals surface area contributed by atoms with Crippen LogP contribution in [-0.2, 0) is 18.6 Å². The van der Waals surface area contributed by atoms with E-state index in [1.165, 1.54) is 33.9 Å². The smallest absolute Gasteiger partial charge is 0.0455 e. The van der Waals surface area contributed by atoms with Crippen molar-refractivity contribution in [2.75, 3.05) is 12.3 Å². The van der Waals surface area contributed by atoms with Crippen molar-refractivity contribution >= 4 is 23.1 Å². The SMILES string of the molecule is CCNC(Cc1cccc(C)c1)c1cc2c(s1)CCSC2. The molecule has 0 fully saturated rings. The molecule has 0 spiro atoms. The van der Waals surface area contributed by atoms with E-state index in [2.05, 4.69) is 61.3 Å². The third-order valence-electron chi connectivity index (χ3n) is 3.96. The molecule has 1 aromatic carbocycles. The van der Waals surface area contributed by atoms with Crippen molar-refractivity contribution in [2.45, 2.75) is 38.5 Å². The van der Waals surface area contributed by atoms with Gasteiger partial charge in [0.15, 0.2) is 0 Å². The fourth-order valence-electron chi connectivity index (χ4n) is 2.94. The molecule has 2 heterocycles. The first-order valence-corrected chi connectivity index (χ1v) is 9.71. The third-order valence-corrected chi connectivity index (χ3v) is 6.32. The number of hydrogen-bond donors (Lipinski definition) is 1. The molecule has 0 amide bonds. The van der Waals surface area contributed by atoms with E-state index in [9.17, 15) is 0 Å². The topological polar surface area (TPSA) is 12.0 Å². The molecule has 0 saturated carbocycles. The zero-order chi connectivity index (χ0) is 14.7. The van der Waals surface area contributed by atoms with Crippen LogP contribution in [0, 0.1) is 6.92 Å². The molecule has 1 aliphatic heterocycles. The lowest BCUT2D eigenvalue weighted by Crippen LogP contribution is -2.22. The average Bonchev–Trinajstić information content (AvgIpc) is 2.91. The zero-order valence-electron chi connectivity index (χ0n) is 12.8. The molecule has 1 unspecified atom stereocenters. The number of fused-ring (bicyclic) bond motifs is 1. The second-order valence-corrected chi connectivity index (χ2v) is 7.98. The van der Waals surface area contributed by atoms with Gasteiger partial charge >= 0.3 is 0 Å².